The molecule has 26 heavy (non-hydrogen) atoms. The molecule has 1 aliphatic carbocycles. The lowest BCUT2D eigenvalue weighted by molar-refractivity contribution is -0.159. The van der Waals surface area contributed by atoms with Gasteiger partial charge < -0.3 is 10.1 Å². The molecule has 1 aromatic carbocycles. The maximum absolute atomic E-state index is 12.8. The number of nitrogens with one attached hydrogen (secondary N) is 1. The topological polar surface area (TPSA) is 55.4 Å². The lowest BCUT2D eigenvalue weighted by atomic mass is 9.75. The highest BCUT2D eigenvalue weighted by Gasteiger charge is 2.35. The van der Waals surface area contributed by atoms with E-state index in [-0.39, 0.29) is 18.0 Å². The van der Waals surface area contributed by atoms with Gasteiger partial charge in [-0.15, -0.1) is 0 Å². The first-order chi connectivity index (χ1) is 12.4. The molecule has 0 unspecified atom stereocenters. The molecule has 0 heterocycles. The Morgan fingerprint density at radius 3 is 2.50 bits per heavy atom. The summed E-state index contributed by atoms with van der Waals surface area (Å²) in [6.45, 7) is 8.06. The lowest BCUT2D eigenvalue weighted by Gasteiger charge is -2.37. The summed E-state index contributed by atoms with van der Waals surface area (Å²) in [5.74, 6) is 0.982. The summed E-state index contributed by atoms with van der Waals surface area (Å²) in [4.78, 5) is 24.4. The zero-order valence-electron chi connectivity index (χ0n) is 16.5. The summed E-state index contributed by atoms with van der Waals surface area (Å²) in [6, 6.07) is 9.42. The smallest absolute Gasteiger partial charge is 0.328 e. The van der Waals surface area contributed by atoms with Gasteiger partial charge in [0.25, 0.3) is 0 Å². The summed E-state index contributed by atoms with van der Waals surface area (Å²) in [5.41, 5.74) is 1.15. The summed E-state index contributed by atoms with van der Waals surface area (Å²) in [6.07, 6.45) is 4.46. The van der Waals surface area contributed by atoms with Crippen LogP contribution < -0.4 is 5.32 Å². The van der Waals surface area contributed by atoms with Crippen molar-refractivity contribution in [1.82, 2.24) is 5.32 Å². The molecule has 1 fully saturated rings. The highest BCUT2D eigenvalue weighted by molar-refractivity contribution is 5.83. The van der Waals surface area contributed by atoms with E-state index in [0.29, 0.717) is 24.2 Å². The van der Waals surface area contributed by atoms with Crippen molar-refractivity contribution in [3.63, 3.8) is 0 Å². The Labute approximate surface area is 157 Å². The first-order valence-corrected chi connectivity index (χ1v) is 9.88. The fraction of sp³-hybridized carbons (Fsp3) is 0.636. The summed E-state index contributed by atoms with van der Waals surface area (Å²) in [5, 5.41) is 2.78. The quantitative estimate of drug-likeness (QED) is 0.745. The van der Waals surface area contributed by atoms with Crippen molar-refractivity contribution in [3.8, 4) is 0 Å². The van der Waals surface area contributed by atoms with Gasteiger partial charge >= 0.3 is 5.97 Å². The van der Waals surface area contributed by atoms with Crippen LogP contribution in [0.25, 0.3) is 0 Å². The van der Waals surface area contributed by atoms with Crippen molar-refractivity contribution in [2.75, 3.05) is 0 Å². The second-order valence-corrected chi connectivity index (χ2v) is 8.08. The van der Waals surface area contributed by atoms with Crippen LogP contribution in [0.4, 0.5) is 0 Å². The molecule has 4 nitrogen and oxygen atoms in total. The highest BCUT2D eigenvalue weighted by Crippen LogP contribution is 2.35. The van der Waals surface area contributed by atoms with Crippen LogP contribution >= 0.6 is 0 Å². The van der Waals surface area contributed by atoms with Crippen LogP contribution in [-0.4, -0.2) is 24.0 Å². The second kappa shape index (κ2) is 9.75. The molecule has 4 atom stereocenters. The normalized spacial score (nSPS) is 24.1. The number of ether oxygens (including phenoxy) is 1. The Kier molecular flexibility index (Phi) is 7.67. The molecule has 0 aliphatic heterocycles. The first-order valence-electron chi connectivity index (χ1n) is 9.88. The zero-order chi connectivity index (χ0) is 19.1. The monoisotopic (exact) mass is 359 g/mol. The number of carbonyl (C=O) groups is 2. The third-order valence-electron chi connectivity index (χ3n) is 5.46. The van der Waals surface area contributed by atoms with Gasteiger partial charge in [-0.25, -0.2) is 4.79 Å². The molecule has 1 aliphatic rings. The van der Waals surface area contributed by atoms with Gasteiger partial charge in [-0.1, -0.05) is 57.5 Å². The average Bonchev–Trinajstić information content (AvgIpc) is 2.59. The average molecular weight is 360 g/mol. The predicted molar refractivity (Wildman–Crippen MR) is 104 cm³/mol. The van der Waals surface area contributed by atoms with Crippen LogP contribution in [0.1, 0.15) is 58.9 Å². The minimum Gasteiger partial charge on any atom is -0.461 e. The van der Waals surface area contributed by atoms with Crippen molar-refractivity contribution in [1.29, 1.82) is 0 Å². The van der Waals surface area contributed by atoms with Crippen molar-refractivity contribution in [2.24, 2.45) is 17.8 Å². The zero-order valence-corrected chi connectivity index (χ0v) is 16.5. The first kappa shape index (κ1) is 20.5. The van der Waals surface area contributed by atoms with E-state index in [1.165, 1.54) is 13.3 Å². The largest absolute Gasteiger partial charge is 0.461 e. The third kappa shape index (κ3) is 6.15. The Morgan fingerprint density at radius 2 is 1.88 bits per heavy atom. The van der Waals surface area contributed by atoms with E-state index in [0.717, 1.165) is 24.8 Å². The molecule has 0 saturated heterocycles. The highest BCUT2D eigenvalue weighted by atomic mass is 16.5. The second-order valence-electron chi connectivity index (χ2n) is 8.08. The molecule has 4 heteroatoms. The van der Waals surface area contributed by atoms with Crippen LogP contribution in [0.2, 0.25) is 0 Å². The number of aryl methyl sites for hydroxylation is 1. The molecule has 0 aromatic heterocycles. The van der Waals surface area contributed by atoms with Gasteiger partial charge in [-0.2, -0.15) is 0 Å². The van der Waals surface area contributed by atoms with Gasteiger partial charge in [-0.3, -0.25) is 4.79 Å². The maximum Gasteiger partial charge on any atom is 0.328 e. The number of hydrogen-bond donors (Lipinski definition) is 1. The van der Waals surface area contributed by atoms with E-state index in [1.54, 1.807) is 0 Å². The van der Waals surface area contributed by atoms with Crippen LogP contribution in [0.5, 0.6) is 0 Å². The molecular weight excluding hydrogens is 326 g/mol. The van der Waals surface area contributed by atoms with Crippen molar-refractivity contribution < 1.29 is 14.3 Å². The van der Waals surface area contributed by atoms with Crippen LogP contribution in [-0.2, 0) is 20.7 Å². The minimum absolute atomic E-state index is 0.0424. The predicted octanol–water partition coefficient (Wildman–Crippen LogP) is 4.13. The molecule has 1 aromatic rings. The van der Waals surface area contributed by atoms with Crippen LogP contribution in [0.15, 0.2) is 30.3 Å². The van der Waals surface area contributed by atoms with E-state index in [2.05, 4.69) is 26.1 Å². The van der Waals surface area contributed by atoms with Gasteiger partial charge in [0.15, 0.2) is 0 Å². The number of amides is 1. The molecule has 0 bridgehead atoms. The summed E-state index contributed by atoms with van der Waals surface area (Å²) >= 11 is 0. The summed E-state index contributed by atoms with van der Waals surface area (Å²) < 4.78 is 5.93. The Hall–Kier alpha value is -1.84. The number of benzene rings is 1. The fourth-order valence-electron chi connectivity index (χ4n) is 3.93. The number of carbonyl (C=O) groups excluding carboxylic acids is 2. The lowest BCUT2D eigenvalue weighted by Crippen LogP contribution is -2.45. The molecule has 144 valence electrons. The van der Waals surface area contributed by atoms with E-state index in [1.807, 2.05) is 30.3 Å². The third-order valence-corrected chi connectivity index (χ3v) is 5.46. The van der Waals surface area contributed by atoms with Gasteiger partial charge in [0.2, 0.25) is 5.91 Å². The maximum atomic E-state index is 12.8. The van der Waals surface area contributed by atoms with E-state index >= 15 is 0 Å². The van der Waals surface area contributed by atoms with E-state index < -0.39 is 6.04 Å². The van der Waals surface area contributed by atoms with Gasteiger partial charge in [0.1, 0.15) is 12.1 Å². The molecular formula is C22H33NO3. The minimum atomic E-state index is -0.585. The van der Waals surface area contributed by atoms with Crippen molar-refractivity contribution >= 4 is 11.9 Å². The SMILES string of the molecule is CC(=O)N[C@H](CCc1ccccc1)C(=O)O[C@@H]1C[C@H](C)CC[C@H]1C(C)C. The van der Waals surface area contributed by atoms with Crippen LogP contribution in [0.3, 0.4) is 0 Å². The van der Waals surface area contributed by atoms with E-state index in [4.69, 9.17) is 4.74 Å². The van der Waals surface area contributed by atoms with Crippen molar-refractivity contribution in [3.05, 3.63) is 35.9 Å². The Morgan fingerprint density at radius 1 is 1.19 bits per heavy atom. The fourth-order valence-corrected chi connectivity index (χ4v) is 3.93. The molecule has 1 N–H and O–H groups in total. The Balaban J connectivity index is 2.01. The molecule has 1 saturated carbocycles. The summed E-state index contributed by atoms with van der Waals surface area (Å²) in [7, 11) is 0. The molecule has 1 amide bonds. The molecule has 0 spiro atoms. The van der Waals surface area contributed by atoms with Gasteiger partial charge in [0.05, 0.1) is 0 Å². The number of rotatable bonds is 7. The van der Waals surface area contributed by atoms with Crippen LogP contribution in [0, 0.1) is 17.8 Å². The Bertz CT molecular complexity index is 584. The van der Waals surface area contributed by atoms with E-state index in [9.17, 15) is 9.59 Å². The molecule has 2 rings (SSSR count). The molecule has 0 radical (unpaired) electrons. The van der Waals surface area contributed by atoms with Gasteiger partial charge in [-0.05, 0) is 49.0 Å². The number of hydrogen-bond acceptors (Lipinski definition) is 3. The van der Waals surface area contributed by atoms with Crippen molar-refractivity contribution in [2.45, 2.75) is 71.9 Å². The number of esters is 1. The van der Waals surface area contributed by atoms with Gasteiger partial charge in [0, 0.05) is 6.92 Å². The standard InChI is InChI=1S/C22H33NO3/c1-15(2)19-12-10-16(3)14-21(19)26-22(25)20(23-17(4)24)13-11-18-8-6-5-7-9-18/h5-9,15-16,19-21H,10-14H2,1-4H3,(H,23,24)/t16-,19+,20-,21-/m1/s1.